The first-order valence-corrected chi connectivity index (χ1v) is 9.84. The van der Waals surface area contributed by atoms with E-state index < -0.39 is 0 Å². The number of aliphatic imine (C=N–C) groups is 1. The average molecular weight is 368 g/mol. The third kappa shape index (κ3) is 4.58. The van der Waals surface area contributed by atoms with E-state index in [0.717, 1.165) is 34.3 Å². The van der Waals surface area contributed by atoms with Gasteiger partial charge in [-0.2, -0.15) is 0 Å². The van der Waals surface area contributed by atoms with Crippen molar-refractivity contribution < 1.29 is 0 Å². The van der Waals surface area contributed by atoms with Crippen molar-refractivity contribution in [3.8, 4) is 0 Å². The molecule has 0 fully saturated rings. The molecule has 0 aliphatic carbocycles. The van der Waals surface area contributed by atoms with E-state index in [1.54, 1.807) is 11.3 Å². The van der Waals surface area contributed by atoms with Crippen molar-refractivity contribution in [1.29, 1.82) is 0 Å². The first-order valence-electron chi connectivity index (χ1n) is 8.96. The number of hydrogen-bond acceptors (Lipinski definition) is 4. The smallest absolute Gasteiger partial charge is 0.191 e. The number of thiazole rings is 1. The molecule has 26 heavy (non-hydrogen) atoms. The molecule has 0 aliphatic heterocycles. The van der Waals surface area contributed by atoms with Crippen molar-refractivity contribution in [3.63, 3.8) is 0 Å². The zero-order chi connectivity index (χ0) is 18.4. The normalized spacial score (nSPS) is 11.9. The Morgan fingerprint density at radius 3 is 2.81 bits per heavy atom. The van der Waals surface area contributed by atoms with Gasteiger partial charge in [0.1, 0.15) is 5.01 Å². The van der Waals surface area contributed by atoms with E-state index in [9.17, 15) is 0 Å². The molecule has 3 aromatic rings. The van der Waals surface area contributed by atoms with Crippen LogP contribution in [0.5, 0.6) is 0 Å². The summed E-state index contributed by atoms with van der Waals surface area (Å²) in [6, 6.07) is 10.3. The molecule has 136 valence electrons. The maximum absolute atomic E-state index is 4.70. The Hall–Kier alpha value is -2.47. The van der Waals surface area contributed by atoms with Gasteiger partial charge in [0, 0.05) is 23.5 Å². The van der Waals surface area contributed by atoms with Gasteiger partial charge >= 0.3 is 0 Å². The Morgan fingerprint density at radius 2 is 2.04 bits per heavy atom. The lowest BCUT2D eigenvalue weighted by Crippen LogP contribution is -2.36. The molecule has 1 aromatic carbocycles. The predicted octanol–water partition coefficient (Wildman–Crippen LogP) is 4.07. The lowest BCUT2D eigenvalue weighted by molar-refractivity contribution is 0.787. The number of aromatic nitrogens is 2. The largest absolute Gasteiger partial charge is 0.357 e. The van der Waals surface area contributed by atoms with Crippen molar-refractivity contribution in [3.05, 3.63) is 58.3 Å². The van der Waals surface area contributed by atoms with Gasteiger partial charge in [-0.15, -0.1) is 11.3 Å². The number of guanidine groups is 1. The molecule has 2 heterocycles. The SMILES string of the molecule is CCNC(=NCc1nccc2ccccc12)NCc1nc(C(C)C)cs1. The zero-order valence-electron chi connectivity index (χ0n) is 15.5. The van der Waals surface area contributed by atoms with Crippen molar-refractivity contribution in [2.45, 2.75) is 39.8 Å². The molecular weight excluding hydrogens is 342 g/mol. The topological polar surface area (TPSA) is 62.2 Å². The minimum atomic E-state index is 0.458. The molecule has 0 spiro atoms. The molecule has 2 N–H and O–H groups in total. The fourth-order valence-electron chi connectivity index (χ4n) is 2.63. The Balaban J connectivity index is 1.70. The summed E-state index contributed by atoms with van der Waals surface area (Å²) in [5.74, 6) is 1.24. The summed E-state index contributed by atoms with van der Waals surface area (Å²) in [4.78, 5) is 13.9. The van der Waals surface area contributed by atoms with Crippen LogP contribution in [0.1, 0.15) is 43.1 Å². The molecule has 0 bridgehead atoms. The lowest BCUT2D eigenvalue weighted by Gasteiger charge is -2.10. The van der Waals surface area contributed by atoms with Gasteiger partial charge < -0.3 is 10.6 Å². The number of nitrogens with zero attached hydrogens (tertiary/aromatic N) is 3. The molecule has 2 aromatic heterocycles. The Bertz CT molecular complexity index is 879. The number of rotatable bonds is 6. The van der Waals surface area contributed by atoms with Crippen LogP contribution in [0.4, 0.5) is 0 Å². The third-order valence-corrected chi connectivity index (χ3v) is 4.92. The lowest BCUT2D eigenvalue weighted by atomic mass is 10.1. The van der Waals surface area contributed by atoms with Crippen LogP contribution in [-0.2, 0) is 13.1 Å². The van der Waals surface area contributed by atoms with Crippen LogP contribution < -0.4 is 10.6 Å². The second kappa shape index (κ2) is 8.76. The monoisotopic (exact) mass is 367 g/mol. The second-order valence-corrected chi connectivity index (χ2v) is 7.29. The Kier molecular flexibility index (Phi) is 6.17. The van der Waals surface area contributed by atoms with E-state index in [2.05, 4.69) is 58.9 Å². The highest BCUT2D eigenvalue weighted by molar-refractivity contribution is 7.09. The summed E-state index contributed by atoms with van der Waals surface area (Å²) < 4.78 is 0. The van der Waals surface area contributed by atoms with Gasteiger partial charge in [0.25, 0.3) is 0 Å². The van der Waals surface area contributed by atoms with E-state index in [1.807, 2.05) is 24.4 Å². The number of nitrogens with one attached hydrogen (secondary N) is 2. The highest BCUT2D eigenvalue weighted by Crippen LogP contribution is 2.18. The van der Waals surface area contributed by atoms with E-state index >= 15 is 0 Å². The van der Waals surface area contributed by atoms with E-state index in [1.165, 1.54) is 5.39 Å². The van der Waals surface area contributed by atoms with Crippen LogP contribution in [0.3, 0.4) is 0 Å². The standard InChI is InChI=1S/C20H25N5S/c1-4-21-20(24-12-19-25-18(13-26-19)14(2)3)23-11-17-16-8-6-5-7-15(16)9-10-22-17/h5-10,13-14H,4,11-12H2,1-3H3,(H2,21,23,24). The molecule has 0 saturated carbocycles. The van der Waals surface area contributed by atoms with Crippen LogP contribution in [-0.4, -0.2) is 22.5 Å². The van der Waals surface area contributed by atoms with Crippen LogP contribution in [0.25, 0.3) is 10.8 Å². The molecule has 0 unspecified atom stereocenters. The van der Waals surface area contributed by atoms with Crippen molar-refractivity contribution >= 4 is 28.1 Å². The van der Waals surface area contributed by atoms with E-state index in [4.69, 9.17) is 4.99 Å². The van der Waals surface area contributed by atoms with Gasteiger partial charge in [0.2, 0.25) is 0 Å². The average Bonchev–Trinajstić information content (AvgIpc) is 3.13. The van der Waals surface area contributed by atoms with Crippen LogP contribution in [0.15, 0.2) is 46.9 Å². The summed E-state index contributed by atoms with van der Waals surface area (Å²) in [6.45, 7) is 8.40. The quantitative estimate of drug-likeness (QED) is 0.509. The predicted molar refractivity (Wildman–Crippen MR) is 110 cm³/mol. The van der Waals surface area contributed by atoms with Crippen LogP contribution in [0, 0.1) is 0 Å². The summed E-state index contributed by atoms with van der Waals surface area (Å²) >= 11 is 1.69. The first kappa shape index (κ1) is 18.3. The summed E-state index contributed by atoms with van der Waals surface area (Å²) in [5.41, 5.74) is 2.13. The number of pyridine rings is 1. The number of hydrogen-bond donors (Lipinski definition) is 2. The fraction of sp³-hybridized carbons (Fsp3) is 0.350. The van der Waals surface area contributed by atoms with Crippen LogP contribution >= 0.6 is 11.3 Å². The molecule has 0 radical (unpaired) electrons. The first-order chi connectivity index (χ1) is 12.7. The minimum Gasteiger partial charge on any atom is -0.357 e. The summed E-state index contributed by atoms with van der Waals surface area (Å²) in [7, 11) is 0. The molecule has 5 nitrogen and oxygen atoms in total. The van der Waals surface area contributed by atoms with Gasteiger partial charge in [0.05, 0.1) is 24.5 Å². The maximum atomic E-state index is 4.70. The zero-order valence-corrected chi connectivity index (χ0v) is 16.3. The molecule has 0 aliphatic rings. The molecule has 3 rings (SSSR count). The highest BCUT2D eigenvalue weighted by Gasteiger charge is 2.07. The van der Waals surface area contributed by atoms with E-state index in [0.29, 0.717) is 19.0 Å². The number of benzene rings is 1. The third-order valence-electron chi connectivity index (χ3n) is 4.06. The van der Waals surface area contributed by atoms with Gasteiger partial charge in [-0.3, -0.25) is 4.98 Å². The minimum absolute atomic E-state index is 0.458. The van der Waals surface area contributed by atoms with Crippen molar-refractivity contribution in [2.24, 2.45) is 4.99 Å². The van der Waals surface area contributed by atoms with Crippen molar-refractivity contribution in [2.75, 3.05) is 6.54 Å². The summed E-state index contributed by atoms with van der Waals surface area (Å²) in [6.07, 6.45) is 1.84. The van der Waals surface area contributed by atoms with Crippen molar-refractivity contribution in [1.82, 2.24) is 20.6 Å². The van der Waals surface area contributed by atoms with Gasteiger partial charge in [-0.05, 0) is 24.3 Å². The molecular formula is C20H25N5S. The fourth-order valence-corrected chi connectivity index (χ4v) is 3.53. The highest BCUT2D eigenvalue weighted by atomic mass is 32.1. The summed E-state index contributed by atoms with van der Waals surface area (Å²) in [5, 5.41) is 12.2. The van der Waals surface area contributed by atoms with Gasteiger partial charge in [-0.1, -0.05) is 38.1 Å². The molecule has 0 amide bonds. The molecule has 0 saturated heterocycles. The second-order valence-electron chi connectivity index (χ2n) is 6.35. The van der Waals surface area contributed by atoms with Gasteiger partial charge in [0.15, 0.2) is 5.96 Å². The Labute approximate surface area is 158 Å². The number of fused-ring (bicyclic) bond motifs is 1. The molecule has 6 heteroatoms. The van der Waals surface area contributed by atoms with E-state index in [-0.39, 0.29) is 0 Å². The molecule has 0 atom stereocenters. The van der Waals surface area contributed by atoms with Gasteiger partial charge in [-0.25, -0.2) is 9.98 Å². The maximum Gasteiger partial charge on any atom is 0.191 e. The Morgan fingerprint density at radius 1 is 1.19 bits per heavy atom. The van der Waals surface area contributed by atoms with Crippen LogP contribution in [0.2, 0.25) is 0 Å².